The molecule has 0 aliphatic rings. The largest absolute Gasteiger partial charge is 0.481 e. The van der Waals surface area contributed by atoms with Crippen molar-refractivity contribution < 1.29 is 19.4 Å². The summed E-state index contributed by atoms with van der Waals surface area (Å²) in [6, 6.07) is 0. The lowest BCUT2D eigenvalue weighted by Gasteiger charge is -2.17. The first-order chi connectivity index (χ1) is 17.1. The van der Waals surface area contributed by atoms with Gasteiger partial charge in [0, 0.05) is 12.8 Å². The SMILES string of the molecule is CCCCCCCCCCCCCCC(=O)OC(CCCCCCCCCCCC)CCC(=O)O. The van der Waals surface area contributed by atoms with Gasteiger partial charge in [-0.15, -0.1) is 0 Å². The molecule has 0 aliphatic heterocycles. The average molecular weight is 497 g/mol. The standard InChI is InChI=1S/C31H60O4/c1-3-5-7-9-11-13-15-16-18-20-22-24-26-31(34)35-29(27-28-30(32)33)25-23-21-19-17-14-12-10-8-6-4-2/h29H,3-28H2,1-2H3,(H,32,33). The Morgan fingerprint density at radius 1 is 0.514 bits per heavy atom. The van der Waals surface area contributed by atoms with Crippen molar-refractivity contribution in [3.05, 3.63) is 0 Å². The summed E-state index contributed by atoms with van der Waals surface area (Å²) in [5.74, 6) is -0.949. The molecule has 208 valence electrons. The van der Waals surface area contributed by atoms with Crippen LogP contribution in [-0.4, -0.2) is 23.1 Å². The van der Waals surface area contributed by atoms with Crippen LogP contribution in [0.4, 0.5) is 0 Å². The van der Waals surface area contributed by atoms with E-state index in [1.54, 1.807) is 0 Å². The van der Waals surface area contributed by atoms with Crippen LogP contribution in [0.2, 0.25) is 0 Å². The van der Waals surface area contributed by atoms with Gasteiger partial charge in [0.15, 0.2) is 0 Å². The Kier molecular flexibility index (Phi) is 26.7. The zero-order valence-electron chi connectivity index (χ0n) is 23.6. The molecule has 0 aromatic heterocycles. The van der Waals surface area contributed by atoms with Gasteiger partial charge in [0.25, 0.3) is 0 Å². The molecule has 0 rings (SSSR count). The minimum Gasteiger partial charge on any atom is -0.481 e. The first-order valence-corrected chi connectivity index (χ1v) is 15.5. The minimum absolute atomic E-state index is 0.0777. The number of carboxylic acids is 1. The van der Waals surface area contributed by atoms with E-state index in [-0.39, 0.29) is 18.5 Å². The van der Waals surface area contributed by atoms with E-state index in [4.69, 9.17) is 9.84 Å². The molecule has 0 spiro atoms. The second kappa shape index (κ2) is 27.5. The Labute approximate surface area is 218 Å². The van der Waals surface area contributed by atoms with E-state index in [0.29, 0.717) is 12.8 Å². The summed E-state index contributed by atoms with van der Waals surface area (Å²) >= 11 is 0. The lowest BCUT2D eigenvalue weighted by Crippen LogP contribution is -2.19. The summed E-state index contributed by atoms with van der Waals surface area (Å²) in [4.78, 5) is 23.3. The monoisotopic (exact) mass is 496 g/mol. The van der Waals surface area contributed by atoms with E-state index in [2.05, 4.69) is 13.8 Å². The highest BCUT2D eigenvalue weighted by atomic mass is 16.5. The van der Waals surface area contributed by atoms with Gasteiger partial charge in [0.2, 0.25) is 0 Å². The Balaban J connectivity index is 3.77. The molecule has 1 unspecified atom stereocenters. The van der Waals surface area contributed by atoms with Crippen LogP contribution in [0, 0.1) is 0 Å². The molecule has 0 heterocycles. The fraction of sp³-hybridized carbons (Fsp3) is 0.935. The van der Waals surface area contributed by atoms with Crippen molar-refractivity contribution in [2.75, 3.05) is 0 Å². The topological polar surface area (TPSA) is 63.6 Å². The highest BCUT2D eigenvalue weighted by molar-refractivity contribution is 5.69. The number of carboxylic acid groups (broad SMARTS) is 1. The van der Waals surface area contributed by atoms with Crippen LogP contribution in [0.5, 0.6) is 0 Å². The zero-order valence-corrected chi connectivity index (χ0v) is 23.6. The third-order valence-corrected chi connectivity index (χ3v) is 7.09. The molecule has 0 aromatic carbocycles. The molecule has 0 saturated heterocycles. The number of carbonyl (C=O) groups excluding carboxylic acids is 1. The van der Waals surface area contributed by atoms with Crippen molar-refractivity contribution in [2.45, 2.75) is 187 Å². The summed E-state index contributed by atoms with van der Waals surface area (Å²) in [5.41, 5.74) is 0. The van der Waals surface area contributed by atoms with E-state index in [9.17, 15) is 9.59 Å². The number of hydrogen-bond acceptors (Lipinski definition) is 3. The fourth-order valence-corrected chi connectivity index (χ4v) is 4.76. The van der Waals surface area contributed by atoms with Crippen LogP contribution >= 0.6 is 0 Å². The first-order valence-electron chi connectivity index (χ1n) is 15.5. The molecular weight excluding hydrogens is 436 g/mol. The quantitative estimate of drug-likeness (QED) is 0.0864. The molecule has 0 aliphatic carbocycles. The highest BCUT2D eigenvalue weighted by Gasteiger charge is 2.15. The Morgan fingerprint density at radius 3 is 1.29 bits per heavy atom. The summed E-state index contributed by atoms with van der Waals surface area (Å²) in [6.07, 6.45) is 29.6. The lowest BCUT2D eigenvalue weighted by atomic mass is 10.0. The highest BCUT2D eigenvalue weighted by Crippen LogP contribution is 2.17. The van der Waals surface area contributed by atoms with Gasteiger partial charge in [-0.2, -0.15) is 0 Å². The van der Waals surface area contributed by atoms with Crippen LogP contribution in [-0.2, 0) is 14.3 Å². The number of aliphatic carboxylic acids is 1. The van der Waals surface area contributed by atoms with Gasteiger partial charge >= 0.3 is 11.9 Å². The molecule has 0 aromatic rings. The van der Waals surface area contributed by atoms with Gasteiger partial charge in [-0.25, -0.2) is 0 Å². The van der Waals surface area contributed by atoms with Crippen LogP contribution in [0.25, 0.3) is 0 Å². The molecule has 4 heteroatoms. The van der Waals surface area contributed by atoms with E-state index in [1.807, 2.05) is 0 Å². The van der Waals surface area contributed by atoms with E-state index < -0.39 is 5.97 Å². The summed E-state index contributed by atoms with van der Waals surface area (Å²) in [5, 5.41) is 9.03. The smallest absolute Gasteiger partial charge is 0.306 e. The second-order valence-electron chi connectivity index (χ2n) is 10.7. The Hall–Kier alpha value is -1.06. The van der Waals surface area contributed by atoms with Gasteiger partial charge in [-0.05, 0) is 25.7 Å². The molecule has 0 saturated carbocycles. The maximum absolute atomic E-state index is 12.3. The van der Waals surface area contributed by atoms with Gasteiger partial charge in [0.1, 0.15) is 6.10 Å². The van der Waals surface area contributed by atoms with Gasteiger partial charge in [-0.1, -0.05) is 142 Å². The molecule has 0 fully saturated rings. The van der Waals surface area contributed by atoms with Crippen molar-refractivity contribution in [2.24, 2.45) is 0 Å². The number of ether oxygens (including phenoxy) is 1. The van der Waals surface area contributed by atoms with Crippen LogP contribution < -0.4 is 0 Å². The maximum atomic E-state index is 12.3. The van der Waals surface area contributed by atoms with Crippen LogP contribution in [0.15, 0.2) is 0 Å². The predicted octanol–water partition coefficient (Wildman–Crippen LogP) is 10.2. The van der Waals surface area contributed by atoms with Gasteiger partial charge in [-0.3, -0.25) is 9.59 Å². The summed E-state index contributed by atoms with van der Waals surface area (Å²) in [6.45, 7) is 4.51. The predicted molar refractivity (Wildman–Crippen MR) is 149 cm³/mol. The molecule has 0 radical (unpaired) electrons. The molecular formula is C31H60O4. The third-order valence-electron chi connectivity index (χ3n) is 7.09. The minimum atomic E-state index is -0.810. The molecule has 35 heavy (non-hydrogen) atoms. The van der Waals surface area contributed by atoms with E-state index in [1.165, 1.54) is 116 Å². The average Bonchev–Trinajstić information content (AvgIpc) is 2.84. The number of rotatable bonds is 28. The third kappa shape index (κ3) is 27.4. The lowest BCUT2D eigenvalue weighted by molar-refractivity contribution is -0.151. The van der Waals surface area contributed by atoms with Crippen molar-refractivity contribution in [3.8, 4) is 0 Å². The molecule has 4 nitrogen and oxygen atoms in total. The normalized spacial score (nSPS) is 12.1. The van der Waals surface area contributed by atoms with Gasteiger partial charge < -0.3 is 9.84 Å². The number of hydrogen-bond donors (Lipinski definition) is 1. The maximum Gasteiger partial charge on any atom is 0.306 e. The number of unbranched alkanes of at least 4 members (excludes halogenated alkanes) is 20. The Bertz CT molecular complexity index is 463. The number of carbonyl (C=O) groups is 2. The van der Waals surface area contributed by atoms with Gasteiger partial charge in [0.05, 0.1) is 0 Å². The van der Waals surface area contributed by atoms with E-state index in [0.717, 1.165) is 32.1 Å². The van der Waals surface area contributed by atoms with Crippen LogP contribution in [0.1, 0.15) is 181 Å². The fourth-order valence-electron chi connectivity index (χ4n) is 4.76. The molecule has 1 atom stereocenters. The zero-order chi connectivity index (χ0) is 25.8. The van der Waals surface area contributed by atoms with Crippen molar-refractivity contribution in [1.82, 2.24) is 0 Å². The molecule has 0 bridgehead atoms. The number of esters is 1. The van der Waals surface area contributed by atoms with Crippen LogP contribution in [0.3, 0.4) is 0 Å². The van der Waals surface area contributed by atoms with Crippen molar-refractivity contribution >= 4 is 11.9 Å². The van der Waals surface area contributed by atoms with Crippen molar-refractivity contribution in [3.63, 3.8) is 0 Å². The second-order valence-corrected chi connectivity index (χ2v) is 10.7. The van der Waals surface area contributed by atoms with Crippen molar-refractivity contribution in [1.29, 1.82) is 0 Å². The van der Waals surface area contributed by atoms with E-state index >= 15 is 0 Å². The Morgan fingerprint density at radius 2 is 0.886 bits per heavy atom. The summed E-state index contributed by atoms with van der Waals surface area (Å²) in [7, 11) is 0. The molecule has 1 N–H and O–H groups in total. The molecule has 0 amide bonds. The first kappa shape index (κ1) is 33.9. The summed E-state index contributed by atoms with van der Waals surface area (Å²) < 4.78 is 5.68.